The van der Waals surface area contributed by atoms with E-state index in [0.29, 0.717) is 23.2 Å². The molecule has 98 valence electrons. The molecule has 0 spiro atoms. The van der Waals surface area contributed by atoms with Crippen molar-refractivity contribution < 1.29 is 14.3 Å². The number of benzene rings is 1. The van der Waals surface area contributed by atoms with Gasteiger partial charge in [0.2, 0.25) is 0 Å². The molecule has 1 N–H and O–H groups in total. The third kappa shape index (κ3) is 2.25. The number of nitrogens with zero attached hydrogens (tertiary/aromatic N) is 1. The minimum absolute atomic E-state index is 0.00903. The minimum atomic E-state index is -0.258. The second-order valence-corrected chi connectivity index (χ2v) is 4.90. The van der Waals surface area contributed by atoms with Crippen molar-refractivity contribution in [3.63, 3.8) is 0 Å². The predicted molar refractivity (Wildman–Crippen MR) is 67.0 cm³/mol. The number of rotatable bonds is 2. The number of hydrogen-bond donors (Lipinski definition) is 1. The molecule has 1 fully saturated rings. The van der Waals surface area contributed by atoms with Crippen LogP contribution in [0.2, 0.25) is 0 Å². The average molecular weight is 251 g/mol. The Morgan fingerprint density at radius 2 is 2.06 bits per heavy atom. The van der Waals surface area contributed by atoms with Crippen molar-refractivity contribution in [3.8, 4) is 0 Å². The highest BCUT2D eigenvalue weighted by Crippen LogP contribution is 2.22. The lowest BCUT2D eigenvalue weighted by Gasteiger charge is -2.23. The highest BCUT2D eigenvalue weighted by atomic mass is 19.1. The van der Waals surface area contributed by atoms with Gasteiger partial charge in [0.25, 0.3) is 5.91 Å². The Kier molecular flexibility index (Phi) is 3.66. The van der Waals surface area contributed by atoms with Gasteiger partial charge < -0.3 is 10.0 Å². The van der Waals surface area contributed by atoms with E-state index in [1.54, 1.807) is 30.9 Å². The number of aliphatic hydroxyl groups is 1. The van der Waals surface area contributed by atoms with Gasteiger partial charge in [-0.25, -0.2) is 4.39 Å². The number of hydrogen-bond acceptors (Lipinski definition) is 2. The second kappa shape index (κ2) is 5.06. The second-order valence-electron chi connectivity index (χ2n) is 4.90. The number of halogens is 1. The van der Waals surface area contributed by atoms with Crippen LogP contribution in [-0.4, -0.2) is 35.1 Å². The van der Waals surface area contributed by atoms with E-state index >= 15 is 0 Å². The van der Waals surface area contributed by atoms with Crippen molar-refractivity contribution in [1.82, 2.24) is 4.90 Å². The van der Waals surface area contributed by atoms with Gasteiger partial charge in [0.15, 0.2) is 0 Å². The number of aliphatic hydroxyl groups excluding tert-OH is 1. The summed E-state index contributed by atoms with van der Waals surface area (Å²) in [5, 5.41) is 9.23. The van der Waals surface area contributed by atoms with Crippen molar-refractivity contribution in [2.75, 3.05) is 13.2 Å². The number of amides is 1. The van der Waals surface area contributed by atoms with Crippen LogP contribution in [-0.2, 0) is 0 Å². The first-order chi connectivity index (χ1) is 8.54. The molecule has 0 aromatic heterocycles. The minimum Gasteiger partial charge on any atom is -0.394 e. The molecule has 1 amide bonds. The number of aryl methyl sites for hydroxylation is 2. The van der Waals surface area contributed by atoms with E-state index in [4.69, 9.17) is 0 Å². The summed E-state index contributed by atoms with van der Waals surface area (Å²) in [5.41, 5.74) is 1.47. The monoisotopic (exact) mass is 251 g/mol. The zero-order chi connectivity index (χ0) is 13.3. The van der Waals surface area contributed by atoms with Gasteiger partial charge >= 0.3 is 0 Å². The van der Waals surface area contributed by atoms with Crippen LogP contribution in [0.25, 0.3) is 0 Å². The molecule has 1 aliphatic rings. The fraction of sp³-hybridized carbons (Fsp3) is 0.500. The first-order valence-electron chi connectivity index (χ1n) is 6.23. The molecule has 1 atom stereocenters. The summed E-state index contributed by atoms with van der Waals surface area (Å²) in [7, 11) is 0. The van der Waals surface area contributed by atoms with Crippen LogP contribution in [0, 0.1) is 19.7 Å². The van der Waals surface area contributed by atoms with Crippen LogP contribution in [0.5, 0.6) is 0 Å². The lowest BCUT2D eigenvalue weighted by atomic mass is 10.1. The van der Waals surface area contributed by atoms with Crippen LogP contribution in [0.15, 0.2) is 12.1 Å². The molecule has 1 aromatic carbocycles. The highest BCUT2D eigenvalue weighted by molar-refractivity contribution is 5.95. The summed E-state index contributed by atoms with van der Waals surface area (Å²) in [6.45, 7) is 3.98. The maximum Gasteiger partial charge on any atom is 0.254 e. The van der Waals surface area contributed by atoms with E-state index in [9.17, 15) is 14.3 Å². The summed E-state index contributed by atoms with van der Waals surface area (Å²) in [6.07, 6.45) is 1.75. The van der Waals surface area contributed by atoms with Crippen LogP contribution in [0.4, 0.5) is 4.39 Å². The van der Waals surface area contributed by atoms with Crippen molar-refractivity contribution in [2.24, 2.45) is 0 Å². The van der Waals surface area contributed by atoms with Gasteiger partial charge in [-0.15, -0.1) is 0 Å². The number of carbonyl (C=O) groups is 1. The standard InChI is InChI=1S/C14H18FNO2/c1-9-6-11(7-10(2)13(9)15)14(18)16-5-3-4-12(16)8-17/h6-7,12,17H,3-5,8H2,1-2H3. The zero-order valence-electron chi connectivity index (χ0n) is 10.7. The third-order valence-corrected chi connectivity index (χ3v) is 3.53. The molecule has 1 unspecified atom stereocenters. The van der Waals surface area contributed by atoms with E-state index in [-0.39, 0.29) is 24.4 Å². The average Bonchev–Trinajstić information content (AvgIpc) is 2.82. The fourth-order valence-electron chi connectivity index (χ4n) is 2.53. The van der Waals surface area contributed by atoms with Crippen molar-refractivity contribution >= 4 is 5.91 Å². The Bertz CT molecular complexity index is 450. The van der Waals surface area contributed by atoms with Gasteiger partial charge in [-0.1, -0.05) is 0 Å². The first-order valence-corrected chi connectivity index (χ1v) is 6.23. The first kappa shape index (κ1) is 13.0. The lowest BCUT2D eigenvalue weighted by molar-refractivity contribution is 0.0677. The molecular formula is C14H18FNO2. The van der Waals surface area contributed by atoms with E-state index in [2.05, 4.69) is 0 Å². The van der Waals surface area contributed by atoms with E-state index < -0.39 is 0 Å². The Morgan fingerprint density at radius 3 is 2.61 bits per heavy atom. The van der Waals surface area contributed by atoms with Gasteiger partial charge in [0.1, 0.15) is 5.82 Å². The molecule has 0 saturated carbocycles. The van der Waals surface area contributed by atoms with E-state index in [1.807, 2.05) is 0 Å². The maximum atomic E-state index is 13.5. The lowest BCUT2D eigenvalue weighted by Crippen LogP contribution is -2.37. The molecule has 0 bridgehead atoms. The fourth-order valence-corrected chi connectivity index (χ4v) is 2.53. The summed E-state index contributed by atoms with van der Waals surface area (Å²) in [5.74, 6) is -0.371. The Morgan fingerprint density at radius 1 is 1.44 bits per heavy atom. The van der Waals surface area contributed by atoms with Crippen molar-refractivity contribution in [1.29, 1.82) is 0 Å². The quantitative estimate of drug-likeness (QED) is 0.873. The van der Waals surface area contributed by atoms with Gasteiger partial charge in [0.05, 0.1) is 12.6 Å². The molecule has 4 heteroatoms. The van der Waals surface area contributed by atoms with E-state index in [0.717, 1.165) is 12.8 Å². The van der Waals surface area contributed by atoms with Crippen LogP contribution in [0.3, 0.4) is 0 Å². The number of carbonyl (C=O) groups excluding carboxylic acids is 1. The molecule has 0 aliphatic carbocycles. The molecule has 1 heterocycles. The Labute approximate surface area is 106 Å². The molecule has 0 radical (unpaired) electrons. The smallest absolute Gasteiger partial charge is 0.254 e. The predicted octanol–water partition coefficient (Wildman–Crippen LogP) is 2.04. The largest absolute Gasteiger partial charge is 0.394 e. The van der Waals surface area contributed by atoms with Crippen LogP contribution < -0.4 is 0 Å². The molecule has 2 rings (SSSR count). The molecule has 1 saturated heterocycles. The maximum absolute atomic E-state index is 13.5. The topological polar surface area (TPSA) is 40.5 Å². The van der Waals surface area contributed by atoms with Crippen LogP contribution in [0.1, 0.15) is 34.3 Å². The van der Waals surface area contributed by atoms with Crippen molar-refractivity contribution in [2.45, 2.75) is 32.7 Å². The third-order valence-electron chi connectivity index (χ3n) is 3.53. The summed E-state index contributed by atoms with van der Waals surface area (Å²) < 4.78 is 13.5. The van der Waals surface area contributed by atoms with Crippen LogP contribution >= 0.6 is 0 Å². The highest BCUT2D eigenvalue weighted by Gasteiger charge is 2.29. The molecular weight excluding hydrogens is 233 g/mol. The zero-order valence-corrected chi connectivity index (χ0v) is 10.7. The number of likely N-dealkylation sites (tertiary alicyclic amines) is 1. The van der Waals surface area contributed by atoms with Gasteiger partial charge in [-0.2, -0.15) is 0 Å². The summed E-state index contributed by atoms with van der Waals surface area (Å²) in [4.78, 5) is 14.0. The molecule has 3 nitrogen and oxygen atoms in total. The molecule has 1 aliphatic heterocycles. The summed E-state index contributed by atoms with van der Waals surface area (Å²) >= 11 is 0. The van der Waals surface area contributed by atoms with Gasteiger partial charge in [0, 0.05) is 12.1 Å². The normalized spacial score (nSPS) is 19.3. The Balaban J connectivity index is 2.29. The van der Waals surface area contributed by atoms with Crippen molar-refractivity contribution in [3.05, 3.63) is 34.6 Å². The van der Waals surface area contributed by atoms with Gasteiger partial charge in [-0.05, 0) is 49.9 Å². The Hall–Kier alpha value is -1.42. The molecule has 18 heavy (non-hydrogen) atoms. The SMILES string of the molecule is Cc1cc(C(=O)N2CCCC2CO)cc(C)c1F. The summed E-state index contributed by atoms with van der Waals surface area (Å²) in [6, 6.07) is 3.07. The molecule has 1 aromatic rings. The van der Waals surface area contributed by atoms with E-state index in [1.165, 1.54) is 0 Å². The van der Waals surface area contributed by atoms with Gasteiger partial charge in [-0.3, -0.25) is 4.79 Å².